The van der Waals surface area contributed by atoms with Crippen LogP contribution in [0.25, 0.3) is 21.8 Å². The molecular weight excluding hydrogens is 556 g/mol. The van der Waals surface area contributed by atoms with E-state index in [1.807, 2.05) is 36.1 Å². The van der Waals surface area contributed by atoms with Crippen molar-refractivity contribution >= 4 is 33.4 Å². The number of fused-ring (bicyclic) bond motifs is 2. The average molecular weight is 588 g/mol. The molecule has 2 fully saturated rings. The molecule has 4 aromatic rings. The molecule has 0 aliphatic carbocycles. The summed E-state index contributed by atoms with van der Waals surface area (Å²) in [7, 11) is 1.63. The fourth-order valence-corrected chi connectivity index (χ4v) is 5.88. The average Bonchev–Trinajstić information content (AvgIpc) is 3.59. The van der Waals surface area contributed by atoms with Crippen LogP contribution in [-0.2, 0) is 4.79 Å². The van der Waals surface area contributed by atoms with E-state index in [-0.39, 0.29) is 36.9 Å². The van der Waals surface area contributed by atoms with Crippen molar-refractivity contribution in [2.45, 2.75) is 25.3 Å². The molecule has 2 aromatic heterocycles. The van der Waals surface area contributed by atoms with Gasteiger partial charge in [0.25, 0.3) is 5.92 Å². The number of nitrogens with one attached hydrogen (secondary N) is 1. The number of H-pyrrole nitrogens is 1. The van der Waals surface area contributed by atoms with Gasteiger partial charge in [0, 0.05) is 44.0 Å². The van der Waals surface area contributed by atoms with Gasteiger partial charge < -0.3 is 19.3 Å². The number of amides is 1. The minimum Gasteiger partial charge on any atom is -0.475 e. The number of nitriles is 1. The number of piperazine rings is 1. The highest BCUT2D eigenvalue weighted by Gasteiger charge is 2.43. The number of rotatable bonds is 7. The normalized spacial score (nSPS) is 18.6. The number of alkyl halides is 2. The lowest BCUT2D eigenvalue weighted by Crippen LogP contribution is -2.48. The van der Waals surface area contributed by atoms with Gasteiger partial charge in [-0.1, -0.05) is 24.8 Å². The summed E-state index contributed by atoms with van der Waals surface area (Å²) in [5, 5.41) is 19.0. The van der Waals surface area contributed by atoms with Gasteiger partial charge in [-0.05, 0) is 37.7 Å². The Balaban J connectivity index is 1.44. The number of aromatic nitrogens is 3. The molecule has 10 nitrogen and oxygen atoms in total. The number of hydrogen-bond acceptors (Lipinski definition) is 8. The highest BCUT2D eigenvalue weighted by atomic mass is 19.3. The van der Waals surface area contributed by atoms with Gasteiger partial charge in [-0.15, -0.1) is 0 Å². The first-order valence-electron chi connectivity index (χ1n) is 14.0. The second-order valence-corrected chi connectivity index (χ2v) is 11.0. The number of carbonyl (C=O) groups excluding carboxylic acids is 1. The molecule has 12 heteroatoms. The lowest BCUT2D eigenvalue weighted by molar-refractivity contribution is -0.126. The molecule has 43 heavy (non-hydrogen) atoms. The van der Waals surface area contributed by atoms with Crippen molar-refractivity contribution in [2.75, 3.05) is 51.3 Å². The topological polar surface area (TPSA) is 111 Å². The zero-order valence-electron chi connectivity index (χ0n) is 23.9. The number of aromatic amines is 1. The molecule has 2 aliphatic rings. The van der Waals surface area contributed by atoms with E-state index in [1.54, 1.807) is 29.1 Å². The predicted octanol–water partition coefficient (Wildman–Crippen LogP) is 4.64. The van der Waals surface area contributed by atoms with Crippen LogP contribution in [0.4, 0.5) is 14.5 Å². The lowest BCUT2D eigenvalue weighted by Gasteiger charge is -2.36. The van der Waals surface area contributed by atoms with Crippen LogP contribution in [0.3, 0.4) is 0 Å². The second kappa shape index (κ2) is 11.1. The number of para-hydroxylation sites is 1. The number of aryl methyl sites for hydroxylation is 1. The zero-order chi connectivity index (χ0) is 30.3. The number of ether oxygens (including phenoxy) is 2. The molecule has 0 bridgehead atoms. The number of pyridine rings is 1. The largest absolute Gasteiger partial charge is 0.475 e. The van der Waals surface area contributed by atoms with Gasteiger partial charge in [0.15, 0.2) is 5.75 Å². The Morgan fingerprint density at radius 1 is 1.23 bits per heavy atom. The number of hydrogen-bond donors (Lipinski definition) is 1. The predicted molar refractivity (Wildman–Crippen MR) is 158 cm³/mol. The molecule has 2 aliphatic heterocycles. The van der Waals surface area contributed by atoms with Crippen molar-refractivity contribution in [2.24, 2.45) is 0 Å². The first kappa shape index (κ1) is 28.4. The minimum absolute atomic E-state index is 0.0486. The molecule has 1 amide bonds. The van der Waals surface area contributed by atoms with Crippen molar-refractivity contribution in [3.05, 3.63) is 60.3 Å². The molecule has 0 radical (unpaired) electrons. The molecule has 1 atom stereocenters. The van der Waals surface area contributed by atoms with E-state index >= 15 is 0 Å². The maximum absolute atomic E-state index is 14.1. The van der Waals surface area contributed by atoms with Crippen LogP contribution in [0.1, 0.15) is 17.5 Å². The highest BCUT2D eigenvalue weighted by Crippen LogP contribution is 2.42. The maximum Gasteiger partial charge on any atom is 0.262 e. The zero-order valence-corrected chi connectivity index (χ0v) is 23.9. The summed E-state index contributed by atoms with van der Waals surface area (Å²) < 4.78 is 40.8. The van der Waals surface area contributed by atoms with Gasteiger partial charge in [-0.2, -0.15) is 10.4 Å². The Morgan fingerprint density at radius 3 is 2.72 bits per heavy atom. The number of anilines is 1. The minimum atomic E-state index is -2.81. The summed E-state index contributed by atoms with van der Waals surface area (Å²) in [4.78, 5) is 22.3. The van der Waals surface area contributed by atoms with Gasteiger partial charge in [-0.3, -0.25) is 14.8 Å². The van der Waals surface area contributed by atoms with E-state index in [2.05, 4.69) is 22.8 Å². The summed E-state index contributed by atoms with van der Waals surface area (Å²) >= 11 is 0. The van der Waals surface area contributed by atoms with Crippen molar-refractivity contribution < 1.29 is 23.0 Å². The summed E-state index contributed by atoms with van der Waals surface area (Å²) in [5.41, 5.74) is 2.97. The molecule has 0 spiro atoms. The van der Waals surface area contributed by atoms with Gasteiger partial charge in [-0.25, -0.2) is 13.8 Å². The first-order chi connectivity index (χ1) is 20.7. The quantitative estimate of drug-likeness (QED) is 0.312. The van der Waals surface area contributed by atoms with Crippen LogP contribution >= 0.6 is 0 Å². The molecule has 1 unspecified atom stereocenters. The van der Waals surface area contributed by atoms with E-state index in [1.165, 1.54) is 6.08 Å². The van der Waals surface area contributed by atoms with Gasteiger partial charge >= 0.3 is 0 Å². The fraction of sp³-hybridized carbons (Fsp3) is 0.355. The Bertz CT molecular complexity index is 1760. The third-order valence-corrected chi connectivity index (χ3v) is 8.15. The number of halogens is 2. The van der Waals surface area contributed by atoms with Gasteiger partial charge in [0.05, 0.1) is 29.3 Å². The highest BCUT2D eigenvalue weighted by molar-refractivity contribution is 5.99. The molecule has 2 saturated heterocycles. The van der Waals surface area contributed by atoms with E-state index in [0.717, 1.165) is 16.5 Å². The van der Waals surface area contributed by atoms with E-state index in [0.29, 0.717) is 54.3 Å². The number of nitrogens with zero attached hydrogens (tertiary/aromatic N) is 6. The summed E-state index contributed by atoms with van der Waals surface area (Å²) in [6, 6.07) is 11.1. The van der Waals surface area contributed by atoms with Crippen LogP contribution in [0.2, 0.25) is 0 Å². The molecule has 2 aromatic carbocycles. The molecule has 6 rings (SSSR count). The van der Waals surface area contributed by atoms with Gasteiger partial charge in [0.1, 0.15) is 29.5 Å². The number of likely N-dealkylation sites (N-methyl/N-ethyl adjacent to an activating group) is 1. The SMILES string of the molecule is C=CC(=O)N1CCN(c2c(C#N)c(OCC3CC(F)(F)CN3C)nc3c(Oc4c(C)ccc5[nH]ncc45)cccc23)CC1. The number of benzene rings is 2. The van der Waals surface area contributed by atoms with Crippen molar-refractivity contribution in [3.63, 3.8) is 0 Å². The van der Waals surface area contributed by atoms with Gasteiger partial charge in [0.2, 0.25) is 11.8 Å². The Kier molecular flexibility index (Phi) is 7.35. The summed E-state index contributed by atoms with van der Waals surface area (Å²) in [6.45, 7) is 6.91. The maximum atomic E-state index is 14.1. The smallest absolute Gasteiger partial charge is 0.262 e. The van der Waals surface area contributed by atoms with Crippen LogP contribution < -0.4 is 14.4 Å². The summed E-state index contributed by atoms with van der Waals surface area (Å²) in [5.74, 6) is -1.86. The second-order valence-electron chi connectivity index (χ2n) is 11.0. The Labute approximate surface area is 247 Å². The van der Waals surface area contributed by atoms with Crippen LogP contribution in [0.15, 0.2) is 49.2 Å². The van der Waals surface area contributed by atoms with E-state index < -0.39 is 12.0 Å². The Hall–Kier alpha value is -4.76. The molecule has 4 heterocycles. The first-order valence-corrected chi connectivity index (χ1v) is 14.0. The van der Waals surface area contributed by atoms with Crippen molar-refractivity contribution in [3.8, 4) is 23.4 Å². The van der Waals surface area contributed by atoms with Crippen LogP contribution in [-0.4, -0.2) is 89.2 Å². The Morgan fingerprint density at radius 2 is 2.02 bits per heavy atom. The molecule has 0 saturated carbocycles. The third-order valence-electron chi connectivity index (χ3n) is 8.15. The lowest BCUT2D eigenvalue weighted by atomic mass is 10.1. The number of carbonyl (C=O) groups is 1. The van der Waals surface area contributed by atoms with Crippen LogP contribution in [0, 0.1) is 18.3 Å². The fourth-order valence-electron chi connectivity index (χ4n) is 5.88. The van der Waals surface area contributed by atoms with Crippen molar-refractivity contribution in [1.82, 2.24) is 25.0 Å². The molecular formula is C31H31F2N7O3. The standard InChI is InChI=1S/C31H31F2N7O3/c1-4-26(41)39-10-12-40(13-11-39)28-21-6-5-7-25(43-29-19(2)8-9-24-23(29)16-35-37-24)27(21)36-30(22(28)15-34)42-17-20-14-31(32,33)18-38(20)3/h4-9,16,20H,1,10-14,17-18H2,2-3H3,(H,35,37). The monoisotopic (exact) mass is 587 g/mol. The molecule has 222 valence electrons. The third kappa shape index (κ3) is 5.32. The van der Waals surface area contributed by atoms with Crippen LogP contribution in [0.5, 0.6) is 17.4 Å². The number of likely N-dealkylation sites (tertiary alicyclic amines) is 1. The van der Waals surface area contributed by atoms with E-state index in [9.17, 15) is 18.8 Å². The molecule has 1 N–H and O–H groups in total. The van der Waals surface area contributed by atoms with E-state index in [4.69, 9.17) is 14.5 Å². The van der Waals surface area contributed by atoms with Crippen molar-refractivity contribution in [1.29, 1.82) is 5.26 Å². The summed E-state index contributed by atoms with van der Waals surface area (Å²) in [6.07, 6.45) is 2.65.